The quantitative estimate of drug-likeness (QED) is 0.490. The maximum atomic E-state index is 12.5. The van der Waals surface area contributed by atoms with Gasteiger partial charge in [-0.05, 0) is 48.6 Å². The lowest BCUT2D eigenvalue weighted by molar-refractivity contribution is -0.132. The highest BCUT2D eigenvalue weighted by Crippen LogP contribution is 2.19. The Morgan fingerprint density at radius 1 is 1.09 bits per heavy atom. The van der Waals surface area contributed by atoms with E-state index in [9.17, 15) is 9.59 Å². The number of hydrogen-bond acceptors (Lipinski definition) is 4. The van der Waals surface area contributed by atoms with Crippen molar-refractivity contribution in [2.45, 2.75) is 65.3 Å². The Morgan fingerprint density at radius 3 is 2.48 bits per heavy atom. The number of aryl methyl sites for hydroxylation is 1. The number of ether oxygens (including phenoxy) is 1. The second kappa shape index (κ2) is 12.2. The van der Waals surface area contributed by atoms with Gasteiger partial charge in [0.2, 0.25) is 11.8 Å². The first-order valence-electron chi connectivity index (χ1n) is 12.0. The van der Waals surface area contributed by atoms with Gasteiger partial charge in [-0.15, -0.1) is 0 Å². The Hall–Kier alpha value is -3.15. The van der Waals surface area contributed by atoms with Gasteiger partial charge in [-0.2, -0.15) is 5.10 Å². The largest absolute Gasteiger partial charge is 0.494 e. The third-order valence-electron chi connectivity index (χ3n) is 5.88. The Kier molecular flexibility index (Phi) is 9.04. The molecule has 1 aliphatic heterocycles. The van der Waals surface area contributed by atoms with E-state index in [1.54, 1.807) is 0 Å². The highest BCUT2D eigenvalue weighted by Gasteiger charge is 2.22. The van der Waals surface area contributed by atoms with Crippen LogP contribution in [0.5, 0.6) is 5.75 Å². The van der Waals surface area contributed by atoms with Gasteiger partial charge in [0, 0.05) is 19.3 Å². The van der Waals surface area contributed by atoms with Crippen molar-refractivity contribution >= 4 is 17.5 Å². The summed E-state index contributed by atoms with van der Waals surface area (Å²) < 4.78 is 5.69. The van der Waals surface area contributed by atoms with Gasteiger partial charge >= 0.3 is 0 Å². The van der Waals surface area contributed by atoms with Crippen LogP contribution < -0.4 is 10.1 Å². The van der Waals surface area contributed by atoms with Crippen molar-refractivity contribution in [2.24, 2.45) is 5.10 Å². The number of nitrogens with zero attached hydrogens (tertiary/aromatic N) is 2. The lowest BCUT2D eigenvalue weighted by atomic mass is 10.0. The summed E-state index contributed by atoms with van der Waals surface area (Å²) >= 11 is 0. The molecule has 0 bridgehead atoms. The summed E-state index contributed by atoms with van der Waals surface area (Å²) in [5.41, 5.74) is 4.21. The van der Waals surface area contributed by atoms with E-state index in [0.717, 1.165) is 41.9 Å². The van der Waals surface area contributed by atoms with E-state index >= 15 is 0 Å². The summed E-state index contributed by atoms with van der Waals surface area (Å²) in [4.78, 5) is 24.8. The molecule has 0 saturated carbocycles. The molecule has 0 aromatic heterocycles. The molecule has 6 nitrogen and oxygen atoms in total. The Balaban J connectivity index is 1.51. The molecule has 6 heteroatoms. The van der Waals surface area contributed by atoms with Crippen LogP contribution in [-0.2, 0) is 16.0 Å². The monoisotopic (exact) mass is 449 g/mol. The first kappa shape index (κ1) is 24.5. The molecule has 0 fully saturated rings. The molecular weight excluding hydrogens is 414 g/mol. The first-order chi connectivity index (χ1) is 16.0. The number of rotatable bonds is 11. The average Bonchev–Trinajstić information content (AvgIpc) is 2.84. The minimum atomic E-state index is -0.129. The topological polar surface area (TPSA) is 71.0 Å². The van der Waals surface area contributed by atoms with Crippen molar-refractivity contribution in [3.05, 3.63) is 65.2 Å². The highest BCUT2D eigenvalue weighted by molar-refractivity contribution is 6.04. The van der Waals surface area contributed by atoms with Gasteiger partial charge in [-0.1, -0.05) is 56.7 Å². The molecule has 33 heavy (non-hydrogen) atoms. The van der Waals surface area contributed by atoms with Crippen molar-refractivity contribution < 1.29 is 14.3 Å². The number of nitrogens with one attached hydrogen (secondary N) is 1. The van der Waals surface area contributed by atoms with E-state index < -0.39 is 0 Å². The fraction of sp³-hybridized carbons (Fsp3) is 0.444. The van der Waals surface area contributed by atoms with Crippen molar-refractivity contribution in [1.82, 2.24) is 10.3 Å². The number of carbonyl (C=O) groups is 2. The molecule has 0 radical (unpaired) electrons. The second-order valence-electron chi connectivity index (χ2n) is 8.42. The zero-order valence-corrected chi connectivity index (χ0v) is 20.0. The zero-order valence-electron chi connectivity index (χ0n) is 20.0. The van der Waals surface area contributed by atoms with Crippen molar-refractivity contribution in [3.8, 4) is 5.75 Å². The molecule has 2 amide bonds. The van der Waals surface area contributed by atoms with E-state index in [2.05, 4.69) is 48.5 Å². The normalized spacial score (nSPS) is 14.6. The molecule has 1 aliphatic rings. The van der Waals surface area contributed by atoms with Crippen LogP contribution in [0.4, 0.5) is 0 Å². The van der Waals surface area contributed by atoms with Crippen LogP contribution in [-0.4, -0.2) is 35.7 Å². The van der Waals surface area contributed by atoms with Crippen LogP contribution in [0, 0.1) is 0 Å². The minimum Gasteiger partial charge on any atom is -0.494 e. The fourth-order valence-corrected chi connectivity index (χ4v) is 3.71. The smallest absolute Gasteiger partial charge is 0.243 e. The summed E-state index contributed by atoms with van der Waals surface area (Å²) in [5, 5.41) is 9.00. The molecule has 0 spiro atoms. The van der Waals surface area contributed by atoms with Gasteiger partial charge in [0.15, 0.2) is 0 Å². The predicted octanol–water partition coefficient (Wildman–Crippen LogP) is 5.02. The Bertz CT molecular complexity index is 952. The molecule has 0 saturated heterocycles. The first-order valence-corrected chi connectivity index (χ1v) is 12.0. The van der Waals surface area contributed by atoms with E-state index in [-0.39, 0.29) is 30.8 Å². The number of amides is 2. The van der Waals surface area contributed by atoms with Gasteiger partial charge in [0.25, 0.3) is 0 Å². The number of unbranched alkanes of at least 4 members (excludes halogenated alkanes) is 1. The van der Waals surface area contributed by atoms with E-state index in [4.69, 9.17) is 4.74 Å². The maximum absolute atomic E-state index is 12.5. The molecule has 2 aromatic carbocycles. The Labute approximate surface area is 197 Å². The third-order valence-corrected chi connectivity index (χ3v) is 5.88. The summed E-state index contributed by atoms with van der Waals surface area (Å²) in [6, 6.07) is 16.0. The third kappa shape index (κ3) is 7.17. The summed E-state index contributed by atoms with van der Waals surface area (Å²) in [6.07, 6.45) is 4.37. The molecule has 1 heterocycles. The van der Waals surface area contributed by atoms with Gasteiger partial charge in [0.1, 0.15) is 5.75 Å². The number of hydrogen-bond donors (Lipinski definition) is 1. The average molecular weight is 450 g/mol. The van der Waals surface area contributed by atoms with Gasteiger partial charge in [-0.25, -0.2) is 5.01 Å². The van der Waals surface area contributed by atoms with Crippen molar-refractivity contribution in [3.63, 3.8) is 0 Å². The highest BCUT2D eigenvalue weighted by atomic mass is 16.5. The Morgan fingerprint density at radius 2 is 1.82 bits per heavy atom. The lowest BCUT2D eigenvalue weighted by Gasteiger charge is -2.24. The van der Waals surface area contributed by atoms with Gasteiger partial charge in [0.05, 0.1) is 24.9 Å². The molecule has 1 unspecified atom stereocenters. The van der Waals surface area contributed by atoms with Crippen LogP contribution in [0.1, 0.15) is 75.6 Å². The molecule has 3 rings (SSSR count). The second-order valence-corrected chi connectivity index (χ2v) is 8.42. The lowest BCUT2D eigenvalue weighted by Crippen LogP contribution is -2.36. The van der Waals surface area contributed by atoms with Gasteiger partial charge in [-0.3, -0.25) is 9.59 Å². The summed E-state index contributed by atoms with van der Waals surface area (Å²) in [7, 11) is 0. The predicted molar refractivity (Wildman–Crippen MR) is 131 cm³/mol. The molecule has 0 aliphatic carbocycles. The molecule has 1 N–H and O–H groups in total. The van der Waals surface area contributed by atoms with E-state index in [0.29, 0.717) is 19.4 Å². The fourth-order valence-electron chi connectivity index (χ4n) is 3.71. The maximum Gasteiger partial charge on any atom is 0.243 e. The van der Waals surface area contributed by atoms with E-state index in [1.807, 2.05) is 31.2 Å². The number of benzene rings is 2. The van der Waals surface area contributed by atoms with Crippen molar-refractivity contribution in [1.29, 1.82) is 0 Å². The van der Waals surface area contributed by atoms with Crippen molar-refractivity contribution in [2.75, 3.05) is 13.2 Å². The zero-order chi connectivity index (χ0) is 23.6. The molecule has 1 atom stereocenters. The summed E-state index contributed by atoms with van der Waals surface area (Å²) in [5.74, 6) is 0.698. The van der Waals surface area contributed by atoms with Crippen LogP contribution in [0.2, 0.25) is 0 Å². The summed E-state index contributed by atoms with van der Waals surface area (Å²) in [6.45, 7) is 7.20. The number of hydrazone groups is 1. The van der Waals surface area contributed by atoms with Crippen LogP contribution in [0.15, 0.2) is 53.6 Å². The van der Waals surface area contributed by atoms with Crippen LogP contribution in [0.3, 0.4) is 0 Å². The van der Waals surface area contributed by atoms with Gasteiger partial charge < -0.3 is 10.1 Å². The standard InChI is InChI=1S/C27H35N3O3/c1-4-6-19-33-24-13-11-22(12-14-24)20(3)28-26(31)17-18-30-27(32)16-15-25(29-30)23-9-7-21(5-2)8-10-23/h7-14,20H,4-6,15-19H2,1-3H3,(H,28,31). The molecule has 2 aromatic rings. The van der Waals surface area contributed by atoms with Crippen LogP contribution >= 0.6 is 0 Å². The molecule has 176 valence electrons. The SMILES string of the molecule is CCCCOc1ccc(C(C)NC(=O)CCN2N=C(c3ccc(CC)cc3)CCC2=O)cc1. The van der Waals surface area contributed by atoms with Crippen LogP contribution in [0.25, 0.3) is 0 Å². The van der Waals surface area contributed by atoms with E-state index in [1.165, 1.54) is 10.6 Å². The molecular formula is C27H35N3O3. The minimum absolute atomic E-state index is 0.0385. The number of carbonyl (C=O) groups excluding carboxylic acids is 2.